The fraction of sp³-hybridized carbons (Fsp3) is 0.138. The number of para-hydroxylation sites is 1. The first-order valence-electron chi connectivity index (χ1n) is 11.8. The highest BCUT2D eigenvalue weighted by Crippen LogP contribution is 2.35. The molecular weight excluding hydrogens is 508 g/mol. The molecule has 0 unspecified atom stereocenters. The Kier molecular flexibility index (Phi) is 9.05. The standard InChI is InChI=1S/C29H27F2N3O3S/c1-36-26-9-4-3-8-23(26)29(35)33-15-14-32-21-6-5-7-22(18-21)34-38-28-16-19(10-13-27(28)37-2)24-17-20(30)11-12-25(24)31/h3-13,16-18,32,34H,14-15H2,1-2H3,(H,33,35). The van der Waals surface area contributed by atoms with Crippen molar-refractivity contribution in [3.8, 4) is 22.6 Å². The zero-order valence-corrected chi connectivity index (χ0v) is 21.7. The highest BCUT2D eigenvalue weighted by Gasteiger charge is 2.12. The van der Waals surface area contributed by atoms with Crippen LogP contribution in [-0.4, -0.2) is 33.2 Å². The van der Waals surface area contributed by atoms with Gasteiger partial charge in [0.25, 0.3) is 5.91 Å². The lowest BCUT2D eigenvalue weighted by Crippen LogP contribution is -2.29. The van der Waals surface area contributed by atoms with Gasteiger partial charge in [-0.25, -0.2) is 8.78 Å². The predicted octanol–water partition coefficient (Wildman–Crippen LogP) is 6.61. The number of amides is 1. The molecule has 0 saturated carbocycles. The van der Waals surface area contributed by atoms with E-state index in [1.807, 2.05) is 30.3 Å². The number of anilines is 2. The molecule has 4 aromatic rings. The van der Waals surface area contributed by atoms with E-state index in [4.69, 9.17) is 9.47 Å². The zero-order chi connectivity index (χ0) is 26.9. The molecule has 1 amide bonds. The normalized spacial score (nSPS) is 10.5. The van der Waals surface area contributed by atoms with Crippen molar-refractivity contribution in [3.05, 3.63) is 102 Å². The first-order valence-corrected chi connectivity index (χ1v) is 12.6. The number of rotatable bonds is 11. The molecule has 0 aliphatic carbocycles. The second kappa shape index (κ2) is 12.8. The van der Waals surface area contributed by atoms with Crippen molar-refractivity contribution in [3.63, 3.8) is 0 Å². The molecule has 0 aromatic heterocycles. The summed E-state index contributed by atoms with van der Waals surface area (Å²) in [7, 11) is 3.09. The third-order valence-corrected chi connectivity index (χ3v) is 6.51. The van der Waals surface area contributed by atoms with Crippen LogP contribution >= 0.6 is 11.9 Å². The predicted molar refractivity (Wildman–Crippen MR) is 148 cm³/mol. The summed E-state index contributed by atoms with van der Waals surface area (Å²) in [5.41, 5.74) is 2.89. The lowest BCUT2D eigenvalue weighted by atomic mass is 10.0. The van der Waals surface area contributed by atoms with Crippen molar-refractivity contribution in [2.45, 2.75) is 4.90 Å². The maximum absolute atomic E-state index is 14.3. The fourth-order valence-electron chi connectivity index (χ4n) is 3.76. The third-order valence-electron chi connectivity index (χ3n) is 5.64. The molecule has 0 aliphatic heterocycles. The lowest BCUT2D eigenvalue weighted by Gasteiger charge is -2.13. The molecule has 0 saturated heterocycles. The highest BCUT2D eigenvalue weighted by molar-refractivity contribution is 8.00. The number of nitrogens with one attached hydrogen (secondary N) is 3. The molecule has 0 bridgehead atoms. The van der Waals surface area contributed by atoms with Crippen LogP contribution in [-0.2, 0) is 0 Å². The van der Waals surface area contributed by atoms with Crippen molar-refractivity contribution in [1.29, 1.82) is 0 Å². The van der Waals surface area contributed by atoms with Crippen molar-refractivity contribution in [2.75, 3.05) is 37.3 Å². The van der Waals surface area contributed by atoms with E-state index in [9.17, 15) is 13.6 Å². The minimum atomic E-state index is -0.506. The average Bonchev–Trinajstić information content (AvgIpc) is 2.95. The lowest BCUT2D eigenvalue weighted by molar-refractivity contribution is 0.0952. The minimum absolute atomic E-state index is 0.179. The quantitative estimate of drug-likeness (QED) is 0.148. The van der Waals surface area contributed by atoms with Crippen molar-refractivity contribution >= 4 is 29.2 Å². The highest BCUT2D eigenvalue weighted by atomic mass is 32.2. The van der Waals surface area contributed by atoms with Crippen LogP contribution in [0.25, 0.3) is 11.1 Å². The van der Waals surface area contributed by atoms with E-state index < -0.39 is 11.6 Å². The van der Waals surface area contributed by atoms with Gasteiger partial charge in [0.1, 0.15) is 23.1 Å². The summed E-state index contributed by atoms with van der Waals surface area (Å²) >= 11 is 1.30. The van der Waals surface area contributed by atoms with Crippen LogP contribution in [0.5, 0.6) is 11.5 Å². The molecule has 0 spiro atoms. The summed E-state index contributed by atoms with van der Waals surface area (Å²) in [5.74, 6) is -0.0856. The SMILES string of the molecule is COc1ccc(-c2cc(F)ccc2F)cc1SNc1cccc(NCCNC(=O)c2ccccc2OC)c1. The Morgan fingerprint density at radius 3 is 2.42 bits per heavy atom. The summed E-state index contributed by atoms with van der Waals surface area (Å²) in [6.07, 6.45) is 0. The van der Waals surface area contributed by atoms with E-state index in [1.165, 1.54) is 25.1 Å². The van der Waals surface area contributed by atoms with Gasteiger partial charge in [-0.05, 0) is 78.2 Å². The number of halogens is 2. The van der Waals surface area contributed by atoms with Gasteiger partial charge in [0.05, 0.1) is 24.7 Å². The van der Waals surface area contributed by atoms with E-state index >= 15 is 0 Å². The van der Waals surface area contributed by atoms with Gasteiger partial charge in [-0.3, -0.25) is 4.79 Å². The topological polar surface area (TPSA) is 71.6 Å². The van der Waals surface area contributed by atoms with Crippen molar-refractivity contribution in [1.82, 2.24) is 5.32 Å². The first kappa shape index (κ1) is 26.8. The Hall–Kier alpha value is -4.24. The van der Waals surface area contributed by atoms with Gasteiger partial charge in [-0.15, -0.1) is 0 Å². The maximum Gasteiger partial charge on any atom is 0.255 e. The zero-order valence-electron chi connectivity index (χ0n) is 20.9. The van der Waals surface area contributed by atoms with Gasteiger partial charge in [0.15, 0.2) is 0 Å². The summed E-state index contributed by atoms with van der Waals surface area (Å²) in [6.45, 7) is 0.941. The number of hydrogen-bond acceptors (Lipinski definition) is 6. The number of methoxy groups -OCH3 is 2. The van der Waals surface area contributed by atoms with Crippen molar-refractivity contribution < 1.29 is 23.0 Å². The summed E-state index contributed by atoms with van der Waals surface area (Å²) in [4.78, 5) is 13.1. The molecule has 4 rings (SSSR count). The summed E-state index contributed by atoms with van der Waals surface area (Å²) < 4.78 is 42.0. The maximum atomic E-state index is 14.3. The molecule has 38 heavy (non-hydrogen) atoms. The van der Waals surface area contributed by atoms with Gasteiger partial charge in [-0.1, -0.05) is 24.3 Å². The fourth-order valence-corrected chi connectivity index (χ4v) is 4.55. The number of benzene rings is 4. The van der Waals surface area contributed by atoms with E-state index in [-0.39, 0.29) is 11.5 Å². The molecule has 4 aromatic carbocycles. The average molecular weight is 536 g/mol. The molecular formula is C29H27F2N3O3S. The van der Waals surface area contributed by atoms with Crippen LogP contribution in [0.2, 0.25) is 0 Å². The van der Waals surface area contributed by atoms with Crippen LogP contribution in [0.4, 0.5) is 20.2 Å². The van der Waals surface area contributed by atoms with Crippen LogP contribution in [0.3, 0.4) is 0 Å². The smallest absolute Gasteiger partial charge is 0.255 e. The van der Waals surface area contributed by atoms with Gasteiger partial charge >= 0.3 is 0 Å². The molecule has 9 heteroatoms. The monoisotopic (exact) mass is 535 g/mol. The Morgan fingerprint density at radius 1 is 0.816 bits per heavy atom. The third kappa shape index (κ3) is 6.74. The summed E-state index contributed by atoms with van der Waals surface area (Å²) in [6, 6.07) is 23.3. The van der Waals surface area contributed by atoms with E-state index in [0.29, 0.717) is 40.6 Å². The molecule has 0 heterocycles. The molecule has 0 aliphatic rings. The van der Waals surface area contributed by atoms with Crippen LogP contribution in [0, 0.1) is 11.6 Å². The van der Waals surface area contributed by atoms with Gasteiger partial charge in [0, 0.05) is 30.0 Å². The molecule has 3 N–H and O–H groups in total. The Balaban J connectivity index is 1.35. The summed E-state index contributed by atoms with van der Waals surface area (Å²) in [5, 5.41) is 6.17. The van der Waals surface area contributed by atoms with Crippen molar-refractivity contribution in [2.24, 2.45) is 0 Å². The Morgan fingerprint density at radius 2 is 1.61 bits per heavy atom. The number of ether oxygens (including phenoxy) is 2. The molecule has 196 valence electrons. The molecule has 6 nitrogen and oxygen atoms in total. The first-order chi connectivity index (χ1) is 18.5. The second-order valence-corrected chi connectivity index (χ2v) is 9.01. The largest absolute Gasteiger partial charge is 0.496 e. The van der Waals surface area contributed by atoms with Gasteiger partial charge in [0.2, 0.25) is 0 Å². The van der Waals surface area contributed by atoms with E-state index in [1.54, 1.807) is 43.5 Å². The Bertz CT molecular complexity index is 1420. The van der Waals surface area contributed by atoms with Gasteiger partial charge in [-0.2, -0.15) is 0 Å². The van der Waals surface area contributed by atoms with E-state index in [2.05, 4.69) is 15.4 Å². The number of hydrogen-bond donors (Lipinski definition) is 3. The minimum Gasteiger partial charge on any atom is -0.496 e. The number of carbonyl (C=O) groups is 1. The molecule has 0 fully saturated rings. The van der Waals surface area contributed by atoms with E-state index in [0.717, 1.165) is 23.5 Å². The number of carbonyl (C=O) groups excluding carboxylic acids is 1. The molecule has 0 atom stereocenters. The van der Waals surface area contributed by atoms with Gasteiger partial charge < -0.3 is 24.8 Å². The van der Waals surface area contributed by atoms with Crippen LogP contribution in [0.15, 0.2) is 89.8 Å². The van der Waals surface area contributed by atoms with Crippen LogP contribution < -0.4 is 24.8 Å². The second-order valence-electron chi connectivity index (χ2n) is 8.16. The Labute approximate surface area is 224 Å². The van der Waals surface area contributed by atoms with Crippen LogP contribution in [0.1, 0.15) is 10.4 Å². The molecule has 0 radical (unpaired) electrons.